The van der Waals surface area contributed by atoms with Crippen LogP contribution in [-0.2, 0) is 17.6 Å². The van der Waals surface area contributed by atoms with Crippen LogP contribution < -0.4 is 0 Å². The Morgan fingerprint density at radius 1 is 0.909 bits per heavy atom. The molecule has 2 heterocycles. The zero-order valence-electron chi connectivity index (χ0n) is 26.7. The van der Waals surface area contributed by atoms with Crippen LogP contribution in [0.3, 0.4) is 0 Å². The molecule has 0 radical (unpaired) electrons. The Labute approximate surface area is 263 Å². The van der Waals surface area contributed by atoms with E-state index in [1.54, 1.807) is 16.7 Å². The summed E-state index contributed by atoms with van der Waals surface area (Å²) in [4.78, 5) is 17.7. The highest BCUT2D eigenvalue weighted by Gasteiger charge is 2.23. The highest BCUT2D eigenvalue weighted by Crippen LogP contribution is 2.40. The average Bonchev–Trinajstić information content (AvgIpc) is 3.51. The number of allylic oxidation sites excluding steroid dienone is 4. The van der Waals surface area contributed by atoms with E-state index < -0.39 is 0 Å². The Hall–Kier alpha value is -3.53. The van der Waals surface area contributed by atoms with Crippen LogP contribution in [0.2, 0.25) is 0 Å². The van der Waals surface area contributed by atoms with Crippen LogP contribution >= 0.6 is 0 Å². The number of ketones is 1. The van der Waals surface area contributed by atoms with Crippen molar-refractivity contribution in [2.75, 3.05) is 0 Å². The number of nitrogens with zero attached hydrogens (tertiary/aromatic N) is 2. The molecular formula is C40H49N3O. The number of hydrogen-bond acceptors (Lipinski definition) is 3. The van der Waals surface area contributed by atoms with Crippen molar-refractivity contribution in [2.45, 2.75) is 122 Å². The van der Waals surface area contributed by atoms with E-state index in [0.29, 0.717) is 24.5 Å². The van der Waals surface area contributed by atoms with Gasteiger partial charge in [-0.1, -0.05) is 48.0 Å². The van der Waals surface area contributed by atoms with E-state index in [9.17, 15) is 4.79 Å². The van der Waals surface area contributed by atoms with Gasteiger partial charge in [0, 0.05) is 24.4 Å². The quantitative estimate of drug-likeness (QED) is 0.271. The second kappa shape index (κ2) is 15.0. The van der Waals surface area contributed by atoms with Gasteiger partial charge in [0.05, 0.1) is 17.4 Å². The summed E-state index contributed by atoms with van der Waals surface area (Å²) in [7, 11) is 0. The predicted molar refractivity (Wildman–Crippen MR) is 183 cm³/mol. The molecule has 1 N–H and O–H groups in total. The van der Waals surface area contributed by atoms with Crippen molar-refractivity contribution >= 4 is 22.9 Å². The maximum Gasteiger partial charge on any atom is 0.132 e. The third-order valence-electron chi connectivity index (χ3n) is 10.2. The fourth-order valence-corrected chi connectivity index (χ4v) is 7.71. The molecule has 4 nitrogen and oxygen atoms in total. The van der Waals surface area contributed by atoms with Crippen molar-refractivity contribution in [1.29, 1.82) is 0 Å². The highest BCUT2D eigenvalue weighted by atomic mass is 16.1. The first-order chi connectivity index (χ1) is 21.7. The summed E-state index contributed by atoms with van der Waals surface area (Å²) in [6.45, 7) is 2.34. The van der Waals surface area contributed by atoms with E-state index >= 15 is 0 Å². The lowest BCUT2D eigenvalue weighted by atomic mass is 9.80. The van der Waals surface area contributed by atoms with Crippen LogP contribution in [0.1, 0.15) is 126 Å². The minimum atomic E-state index is 0.390. The molecule has 3 aliphatic rings. The Morgan fingerprint density at radius 3 is 2.59 bits per heavy atom. The number of aryl methyl sites for hydroxylation is 2. The number of aliphatic imine (C=N–C) groups is 1. The Morgan fingerprint density at radius 2 is 1.73 bits per heavy atom. The first-order valence-electron chi connectivity index (χ1n) is 17.3. The van der Waals surface area contributed by atoms with Gasteiger partial charge in [-0.3, -0.25) is 14.9 Å². The Bertz CT molecular complexity index is 1570. The van der Waals surface area contributed by atoms with E-state index in [-0.39, 0.29) is 0 Å². The number of nitrogens with one attached hydrogen (secondary N) is 1. The van der Waals surface area contributed by atoms with Gasteiger partial charge in [0.15, 0.2) is 0 Å². The van der Waals surface area contributed by atoms with Crippen LogP contribution in [0.25, 0.3) is 10.9 Å². The second-order valence-electron chi connectivity index (χ2n) is 13.3. The van der Waals surface area contributed by atoms with Gasteiger partial charge in [-0.2, -0.15) is 5.10 Å². The van der Waals surface area contributed by atoms with Gasteiger partial charge in [-0.15, -0.1) is 0 Å². The molecule has 4 heteroatoms. The third-order valence-corrected chi connectivity index (χ3v) is 10.2. The Balaban J connectivity index is 0.991. The van der Waals surface area contributed by atoms with Gasteiger partial charge in [0.25, 0.3) is 0 Å². The van der Waals surface area contributed by atoms with Crippen LogP contribution in [0.5, 0.6) is 0 Å². The predicted octanol–water partition coefficient (Wildman–Crippen LogP) is 10.5. The number of carbonyl (C=O) groups excluding carboxylic acids is 1. The molecule has 1 aromatic heterocycles. The van der Waals surface area contributed by atoms with Gasteiger partial charge in [0.1, 0.15) is 5.78 Å². The monoisotopic (exact) mass is 587 g/mol. The molecule has 0 bridgehead atoms. The van der Waals surface area contributed by atoms with Crippen molar-refractivity contribution in [3.63, 3.8) is 0 Å². The lowest BCUT2D eigenvalue weighted by Gasteiger charge is -2.26. The van der Waals surface area contributed by atoms with E-state index in [1.165, 1.54) is 91.1 Å². The van der Waals surface area contributed by atoms with E-state index in [1.807, 2.05) is 12.3 Å². The molecular weight excluding hydrogens is 538 g/mol. The van der Waals surface area contributed by atoms with Crippen molar-refractivity contribution < 1.29 is 4.79 Å². The van der Waals surface area contributed by atoms with Crippen LogP contribution in [0.4, 0.5) is 0 Å². The zero-order chi connectivity index (χ0) is 30.1. The number of benzene rings is 2. The molecule has 0 saturated heterocycles. The van der Waals surface area contributed by atoms with Crippen molar-refractivity contribution in [3.05, 3.63) is 99.4 Å². The topological polar surface area (TPSA) is 58.1 Å². The van der Waals surface area contributed by atoms with Crippen LogP contribution in [0, 0.1) is 0 Å². The largest absolute Gasteiger partial charge is 0.300 e. The molecule has 2 aliphatic carbocycles. The standard InChI is InChI=1S/C40H49N3O/c1-29-11-10-26-41-40(37-24-3-2-23-36(29)37)33-18-6-14-31(15-7-19-33)34-20-4-12-30(27-34)13-5-21-35(44)22-8-16-32-17-9-25-39-38(32)28-42-43-39/h4,9,12,17,20,24-28,31H,2-3,5-8,10-11,13-16,18-19,21-23H2,1H3,(H,42,43). The third kappa shape index (κ3) is 7.57. The molecule has 0 atom stereocenters. The molecule has 0 amide bonds. The minimum absolute atomic E-state index is 0.390. The van der Waals surface area contributed by atoms with Gasteiger partial charge in [-0.05, 0) is 149 Å². The van der Waals surface area contributed by atoms with Crippen LogP contribution in [0.15, 0.2) is 87.7 Å². The van der Waals surface area contributed by atoms with E-state index in [4.69, 9.17) is 4.99 Å². The number of H-pyrrole nitrogens is 1. The lowest BCUT2D eigenvalue weighted by Crippen LogP contribution is -2.09. The number of rotatable bonds is 9. The van der Waals surface area contributed by atoms with Gasteiger partial charge in [0.2, 0.25) is 0 Å². The molecule has 1 saturated carbocycles. The number of fused-ring (bicyclic) bond motifs is 2. The zero-order valence-corrected chi connectivity index (χ0v) is 26.7. The molecule has 0 unspecified atom stereocenters. The molecule has 1 aliphatic heterocycles. The molecule has 0 spiro atoms. The second-order valence-corrected chi connectivity index (χ2v) is 13.3. The van der Waals surface area contributed by atoms with E-state index in [2.05, 4.69) is 65.8 Å². The number of carbonyl (C=O) groups is 1. The summed E-state index contributed by atoms with van der Waals surface area (Å²) >= 11 is 0. The normalized spacial score (nSPS) is 19.7. The number of aromatic nitrogens is 2. The molecule has 6 rings (SSSR count). The number of Topliss-reactive ketones (excluding diaryl/α,β-unsaturated/α-hetero) is 1. The summed E-state index contributed by atoms with van der Waals surface area (Å²) in [6.07, 6.45) is 24.9. The molecule has 1 fully saturated rings. The molecule has 2 aromatic carbocycles. The fourth-order valence-electron chi connectivity index (χ4n) is 7.71. The minimum Gasteiger partial charge on any atom is -0.300 e. The summed E-state index contributed by atoms with van der Waals surface area (Å²) in [5.74, 6) is 1.02. The van der Waals surface area contributed by atoms with Gasteiger partial charge in [-0.25, -0.2) is 0 Å². The first-order valence-corrected chi connectivity index (χ1v) is 17.3. The van der Waals surface area contributed by atoms with Gasteiger partial charge < -0.3 is 0 Å². The molecule has 230 valence electrons. The van der Waals surface area contributed by atoms with Crippen LogP contribution in [-0.4, -0.2) is 22.2 Å². The molecule has 3 aromatic rings. The fraction of sp³-hybridized carbons (Fsp3) is 0.475. The first kappa shape index (κ1) is 30.5. The number of aromatic amines is 1. The van der Waals surface area contributed by atoms with Crippen molar-refractivity contribution in [2.24, 2.45) is 4.99 Å². The number of hydrogen-bond donors (Lipinski definition) is 1. The lowest BCUT2D eigenvalue weighted by molar-refractivity contribution is -0.119. The summed E-state index contributed by atoms with van der Waals surface area (Å²) < 4.78 is 0. The van der Waals surface area contributed by atoms with Gasteiger partial charge >= 0.3 is 0 Å². The van der Waals surface area contributed by atoms with E-state index in [0.717, 1.165) is 44.0 Å². The average molecular weight is 588 g/mol. The van der Waals surface area contributed by atoms with Crippen molar-refractivity contribution in [1.82, 2.24) is 10.2 Å². The highest BCUT2D eigenvalue weighted by molar-refractivity contribution is 5.82. The maximum atomic E-state index is 12.7. The Kier molecular flexibility index (Phi) is 10.4. The smallest absolute Gasteiger partial charge is 0.132 e. The summed E-state index contributed by atoms with van der Waals surface area (Å²) in [5, 5.41) is 8.37. The summed E-state index contributed by atoms with van der Waals surface area (Å²) in [6, 6.07) is 15.5. The van der Waals surface area contributed by atoms with Crippen molar-refractivity contribution in [3.8, 4) is 0 Å². The SMILES string of the molecule is CC1=C2CCCC=C2C(=C2CCCC(c3cccc(CCCC(=O)CCCc4cccc5[nH]ncc45)c3)CCC2)N=CCC1. The maximum absolute atomic E-state index is 12.7. The summed E-state index contributed by atoms with van der Waals surface area (Å²) in [5.41, 5.74) is 12.8. The molecule has 44 heavy (non-hydrogen) atoms.